The van der Waals surface area contributed by atoms with E-state index in [0.717, 1.165) is 39.0 Å². The second-order valence-corrected chi connectivity index (χ2v) is 14.3. The van der Waals surface area contributed by atoms with Gasteiger partial charge in [0.15, 0.2) is 0 Å². The number of benzene rings is 9. The first-order valence-corrected chi connectivity index (χ1v) is 18.2. The summed E-state index contributed by atoms with van der Waals surface area (Å²) in [6, 6.07) is 63.9. The van der Waals surface area contributed by atoms with Gasteiger partial charge in [-0.25, -0.2) is 0 Å². The molecule has 0 aliphatic rings. The second kappa shape index (κ2) is 11.0. The van der Waals surface area contributed by atoms with E-state index in [0.29, 0.717) is 0 Å². The van der Waals surface area contributed by atoms with Crippen molar-refractivity contribution in [2.24, 2.45) is 0 Å². The normalized spacial score (nSPS) is 11.9. The van der Waals surface area contributed by atoms with Gasteiger partial charge in [-0.15, -0.1) is 11.3 Å². The number of rotatable bonds is 4. The number of nitrogens with zero attached hydrogens (tertiary/aromatic N) is 1. The molecule has 11 aromatic rings. The van der Waals surface area contributed by atoms with Gasteiger partial charge >= 0.3 is 0 Å². The Hall–Kier alpha value is -6.42. The lowest BCUT2D eigenvalue weighted by Crippen LogP contribution is -2.10. The van der Waals surface area contributed by atoms with Crippen molar-refractivity contribution in [3.8, 4) is 11.1 Å². The number of anilines is 3. The van der Waals surface area contributed by atoms with Gasteiger partial charge in [-0.1, -0.05) is 127 Å². The Kier molecular flexibility index (Phi) is 6.16. The number of hydrogen-bond donors (Lipinski definition) is 0. The molecular formula is C48H29NOS. The number of para-hydroxylation sites is 1. The van der Waals surface area contributed by atoms with Crippen molar-refractivity contribution < 1.29 is 4.42 Å². The Bertz CT molecular complexity index is 3160. The minimum Gasteiger partial charge on any atom is -0.456 e. The molecular weight excluding hydrogens is 639 g/mol. The average Bonchev–Trinajstić information content (AvgIpc) is 3.77. The lowest BCUT2D eigenvalue weighted by atomic mass is 9.95. The molecule has 0 radical (unpaired) electrons. The molecule has 238 valence electrons. The maximum absolute atomic E-state index is 6.30. The van der Waals surface area contributed by atoms with Crippen molar-refractivity contribution in [1.82, 2.24) is 0 Å². The van der Waals surface area contributed by atoms with Gasteiger partial charge < -0.3 is 9.32 Å². The predicted octanol–water partition coefficient (Wildman–Crippen LogP) is 14.6. The van der Waals surface area contributed by atoms with Gasteiger partial charge in [0.1, 0.15) is 11.2 Å². The third-order valence-electron chi connectivity index (χ3n) is 10.4. The van der Waals surface area contributed by atoms with E-state index < -0.39 is 0 Å². The molecule has 9 aromatic carbocycles. The smallest absolute Gasteiger partial charge is 0.135 e. The lowest BCUT2D eigenvalue weighted by Gasteiger charge is -2.27. The van der Waals surface area contributed by atoms with E-state index in [9.17, 15) is 0 Å². The van der Waals surface area contributed by atoms with Crippen LogP contribution in [0.15, 0.2) is 180 Å². The zero-order chi connectivity index (χ0) is 33.5. The van der Waals surface area contributed by atoms with Crippen LogP contribution in [0.5, 0.6) is 0 Å². The molecule has 11 rings (SSSR count). The summed E-state index contributed by atoms with van der Waals surface area (Å²) in [4.78, 5) is 2.45. The molecule has 0 saturated heterocycles. The molecule has 0 aliphatic carbocycles. The van der Waals surface area contributed by atoms with Crippen LogP contribution in [0.4, 0.5) is 17.1 Å². The minimum atomic E-state index is 0.891. The molecule has 0 amide bonds. The van der Waals surface area contributed by atoms with Crippen LogP contribution in [0, 0.1) is 0 Å². The van der Waals surface area contributed by atoms with Crippen molar-refractivity contribution in [2.75, 3.05) is 4.90 Å². The quantitative estimate of drug-likeness (QED) is 0.174. The van der Waals surface area contributed by atoms with Crippen molar-refractivity contribution in [2.45, 2.75) is 0 Å². The van der Waals surface area contributed by atoms with Gasteiger partial charge in [-0.2, -0.15) is 0 Å². The van der Waals surface area contributed by atoms with Gasteiger partial charge in [0.2, 0.25) is 0 Å². The van der Waals surface area contributed by atoms with Crippen LogP contribution in [0.1, 0.15) is 0 Å². The Morgan fingerprint density at radius 1 is 0.392 bits per heavy atom. The van der Waals surface area contributed by atoms with Crippen LogP contribution < -0.4 is 4.90 Å². The Morgan fingerprint density at radius 2 is 1.04 bits per heavy atom. The molecule has 3 heteroatoms. The van der Waals surface area contributed by atoms with Crippen molar-refractivity contribution in [3.63, 3.8) is 0 Å². The van der Waals surface area contributed by atoms with Crippen molar-refractivity contribution in [1.29, 1.82) is 0 Å². The molecule has 0 saturated carbocycles. The fourth-order valence-corrected chi connectivity index (χ4v) is 9.34. The first kappa shape index (κ1) is 28.4. The lowest BCUT2D eigenvalue weighted by molar-refractivity contribution is 0.669. The van der Waals surface area contributed by atoms with Crippen LogP contribution in [-0.2, 0) is 0 Å². The highest BCUT2D eigenvalue weighted by Crippen LogP contribution is 2.50. The molecule has 0 unspecified atom stereocenters. The van der Waals surface area contributed by atoms with Crippen LogP contribution in [-0.4, -0.2) is 0 Å². The summed E-state index contributed by atoms with van der Waals surface area (Å²) in [5.41, 5.74) is 7.66. The van der Waals surface area contributed by atoms with Crippen LogP contribution in [0.25, 0.3) is 85.6 Å². The van der Waals surface area contributed by atoms with E-state index >= 15 is 0 Å². The van der Waals surface area contributed by atoms with E-state index in [4.69, 9.17) is 4.42 Å². The fraction of sp³-hybridized carbons (Fsp3) is 0. The highest BCUT2D eigenvalue weighted by Gasteiger charge is 2.23. The first-order chi connectivity index (χ1) is 25.3. The predicted molar refractivity (Wildman–Crippen MR) is 219 cm³/mol. The molecule has 2 heterocycles. The summed E-state index contributed by atoms with van der Waals surface area (Å²) >= 11 is 1.88. The van der Waals surface area contributed by atoms with Gasteiger partial charge in [-0.3, -0.25) is 0 Å². The van der Waals surface area contributed by atoms with E-state index in [2.05, 4.69) is 169 Å². The van der Waals surface area contributed by atoms with E-state index in [-0.39, 0.29) is 0 Å². The molecule has 0 atom stereocenters. The fourth-order valence-electron chi connectivity index (χ4n) is 8.09. The molecule has 0 aliphatic heterocycles. The molecule has 0 bridgehead atoms. The number of furan rings is 1. The largest absolute Gasteiger partial charge is 0.456 e. The zero-order valence-corrected chi connectivity index (χ0v) is 28.3. The highest BCUT2D eigenvalue weighted by atomic mass is 32.1. The number of fused-ring (bicyclic) bond motifs is 10. The molecule has 0 fully saturated rings. The second-order valence-electron chi connectivity index (χ2n) is 13.3. The summed E-state index contributed by atoms with van der Waals surface area (Å²) in [7, 11) is 0. The third-order valence-corrected chi connectivity index (χ3v) is 11.6. The third kappa shape index (κ3) is 4.35. The standard InChI is InChI=1S/C48H29NOS/c1-4-14-36-30(10-1)12-9-17-38(36)40-25-26-43(47-41-16-6-8-19-46(41)51-48(40)47)49(34-23-27-45-42(29-34)39-15-5-7-18-44(39)50-45)33-22-24-37-32(28-33)21-20-31-11-2-3-13-35(31)37/h1-29H. The topological polar surface area (TPSA) is 16.4 Å². The molecule has 51 heavy (non-hydrogen) atoms. The monoisotopic (exact) mass is 667 g/mol. The van der Waals surface area contributed by atoms with Gasteiger partial charge in [0.05, 0.1) is 5.69 Å². The highest BCUT2D eigenvalue weighted by molar-refractivity contribution is 7.26. The Labute approximate surface area is 298 Å². The number of thiophene rings is 1. The first-order valence-electron chi connectivity index (χ1n) is 17.3. The summed E-state index contributed by atoms with van der Waals surface area (Å²) in [6.45, 7) is 0. The minimum absolute atomic E-state index is 0.891. The summed E-state index contributed by atoms with van der Waals surface area (Å²) in [5.74, 6) is 0. The van der Waals surface area contributed by atoms with Crippen molar-refractivity contribution in [3.05, 3.63) is 176 Å². The number of hydrogen-bond acceptors (Lipinski definition) is 3. The average molecular weight is 668 g/mol. The summed E-state index contributed by atoms with van der Waals surface area (Å²) in [5, 5.41) is 12.3. The zero-order valence-electron chi connectivity index (χ0n) is 27.5. The van der Waals surface area contributed by atoms with Gasteiger partial charge in [-0.05, 0) is 86.4 Å². The summed E-state index contributed by atoms with van der Waals surface area (Å²) < 4.78 is 8.86. The SMILES string of the molecule is c1ccc2c(-c3ccc(N(c4ccc5c(ccc6ccccc65)c4)c4ccc5oc6ccccc6c5c4)c4c3sc3ccccc34)cccc2c1. The molecule has 2 nitrogen and oxygen atoms in total. The molecule has 2 aromatic heterocycles. The van der Waals surface area contributed by atoms with Crippen LogP contribution in [0.2, 0.25) is 0 Å². The van der Waals surface area contributed by atoms with Gasteiger partial charge in [0, 0.05) is 47.9 Å². The molecule has 0 spiro atoms. The Balaban J connectivity index is 1.22. The van der Waals surface area contributed by atoms with Gasteiger partial charge in [0.25, 0.3) is 0 Å². The van der Waals surface area contributed by atoms with Crippen LogP contribution in [0.3, 0.4) is 0 Å². The summed E-state index contributed by atoms with van der Waals surface area (Å²) in [6.07, 6.45) is 0. The maximum atomic E-state index is 6.30. The van der Waals surface area contributed by atoms with E-state index in [1.807, 2.05) is 23.5 Å². The molecule has 0 N–H and O–H groups in total. The van der Waals surface area contributed by atoms with Crippen molar-refractivity contribution >= 4 is 103 Å². The van der Waals surface area contributed by atoms with Crippen LogP contribution >= 0.6 is 11.3 Å². The van der Waals surface area contributed by atoms with E-state index in [1.54, 1.807) is 0 Å². The van der Waals surface area contributed by atoms with E-state index in [1.165, 1.54) is 63.6 Å². The Morgan fingerprint density at radius 3 is 1.94 bits per heavy atom. The maximum Gasteiger partial charge on any atom is 0.135 e.